The maximum atomic E-state index is 14.0. The van der Waals surface area contributed by atoms with Crippen molar-refractivity contribution in [2.45, 2.75) is 64.1 Å². The van der Waals surface area contributed by atoms with E-state index in [-0.39, 0.29) is 30.8 Å². The number of furan rings is 1. The molecule has 0 bridgehead atoms. The van der Waals surface area contributed by atoms with Gasteiger partial charge in [-0.15, -0.1) is 0 Å². The van der Waals surface area contributed by atoms with E-state index in [1.165, 1.54) is 6.42 Å². The third-order valence-corrected chi connectivity index (χ3v) is 7.26. The molecule has 2 aromatic heterocycles. The molecule has 0 radical (unpaired) electrons. The Morgan fingerprint density at radius 3 is 2.58 bits per heavy atom. The van der Waals surface area contributed by atoms with Gasteiger partial charge in [-0.2, -0.15) is 0 Å². The SMILES string of the molecule is CCOc1ccc([C@H](C(=O)NC2CCCCC2)N(Cc2ccco2)C(=O)Cc2c[nH]c3ccccc23)cc1. The van der Waals surface area contributed by atoms with Gasteiger partial charge in [0.2, 0.25) is 11.8 Å². The van der Waals surface area contributed by atoms with Gasteiger partial charge in [-0.05, 0) is 61.2 Å². The molecule has 0 unspecified atom stereocenters. The molecule has 2 aromatic carbocycles. The number of hydrogen-bond donors (Lipinski definition) is 2. The van der Waals surface area contributed by atoms with Gasteiger partial charge in [0.05, 0.1) is 25.8 Å². The van der Waals surface area contributed by atoms with Crippen LogP contribution in [0.2, 0.25) is 0 Å². The smallest absolute Gasteiger partial charge is 0.247 e. The fourth-order valence-corrected chi connectivity index (χ4v) is 5.35. The summed E-state index contributed by atoms with van der Waals surface area (Å²) in [4.78, 5) is 32.9. The average Bonchev–Trinajstić information content (AvgIpc) is 3.60. The minimum atomic E-state index is -0.810. The van der Waals surface area contributed by atoms with Crippen molar-refractivity contribution in [3.63, 3.8) is 0 Å². The van der Waals surface area contributed by atoms with E-state index in [4.69, 9.17) is 9.15 Å². The zero-order chi connectivity index (χ0) is 26.3. The summed E-state index contributed by atoms with van der Waals surface area (Å²) < 4.78 is 11.3. The quantitative estimate of drug-likeness (QED) is 0.276. The molecule has 5 rings (SSSR count). The molecule has 4 aromatic rings. The van der Waals surface area contributed by atoms with Gasteiger partial charge in [0.15, 0.2) is 0 Å². The van der Waals surface area contributed by atoms with E-state index in [0.29, 0.717) is 12.4 Å². The van der Waals surface area contributed by atoms with Gasteiger partial charge in [0, 0.05) is 23.1 Å². The summed E-state index contributed by atoms with van der Waals surface area (Å²) in [6, 6.07) is 18.3. The number of rotatable bonds is 10. The van der Waals surface area contributed by atoms with Crippen molar-refractivity contribution in [1.82, 2.24) is 15.2 Å². The topological polar surface area (TPSA) is 87.6 Å². The molecule has 1 fully saturated rings. The van der Waals surface area contributed by atoms with Crippen LogP contribution in [0.3, 0.4) is 0 Å². The summed E-state index contributed by atoms with van der Waals surface area (Å²) in [5, 5.41) is 4.26. The molecule has 198 valence electrons. The highest BCUT2D eigenvalue weighted by Crippen LogP contribution is 2.29. The first kappa shape index (κ1) is 25.6. The van der Waals surface area contributed by atoms with Gasteiger partial charge in [-0.1, -0.05) is 49.6 Å². The number of aromatic amines is 1. The minimum absolute atomic E-state index is 0.121. The van der Waals surface area contributed by atoms with Crippen molar-refractivity contribution in [1.29, 1.82) is 0 Å². The number of carbonyl (C=O) groups excluding carboxylic acids is 2. The number of amides is 2. The number of fused-ring (bicyclic) bond motifs is 1. The highest BCUT2D eigenvalue weighted by Gasteiger charge is 2.34. The van der Waals surface area contributed by atoms with Crippen LogP contribution in [0.4, 0.5) is 0 Å². The molecule has 2 N–H and O–H groups in total. The van der Waals surface area contributed by atoms with Gasteiger partial charge in [-0.25, -0.2) is 0 Å². The molecule has 1 aliphatic carbocycles. The van der Waals surface area contributed by atoms with Crippen molar-refractivity contribution < 1.29 is 18.7 Å². The van der Waals surface area contributed by atoms with Crippen LogP contribution in [0.1, 0.15) is 62.0 Å². The lowest BCUT2D eigenvalue weighted by atomic mass is 9.94. The van der Waals surface area contributed by atoms with Gasteiger partial charge in [-0.3, -0.25) is 9.59 Å². The lowest BCUT2D eigenvalue weighted by Crippen LogP contribution is -2.47. The fraction of sp³-hybridized carbons (Fsp3) is 0.355. The zero-order valence-corrected chi connectivity index (χ0v) is 21.8. The third kappa shape index (κ3) is 5.93. The number of hydrogen-bond acceptors (Lipinski definition) is 4. The number of benzene rings is 2. The summed E-state index contributed by atoms with van der Waals surface area (Å²) in [6.45, 7) is 2.67. The number of H-pyrrole nitrogens is 1. The molecular weight excluding hydrogens is 478 g/mol. The van der Waals surface area contributed by atoms with Crippen LogP contribution in [0, 0.1) is 0 Å². The number of nitrogens with one attached hydrogen (secondary N) is 2. The van der Waals surface area contributed by atoms with Crippen LogP contribution < -0.4 is 10.1 Å². The molecule has 38 heavy (non-hydrogen) atoms. The van der Waals surface area contributed by atoms with E-state index in [1.54, 1.807) is 17.2 Å². The predicted octanol–water partition coefficient (Wildman–Crippen LogP) is 5.92. The summed E-state index contributed by atoms with van der Waals surface area (Å²) in [7, 11) is 0. The number of carbonyl (C=O) groups is 2. The third-order valence-electron chi connectivity index (χ3n) is 7.26. The van der Waals surface area contributed by atoms with E-state index < -0.39 is 6.04 Å². The Morgan fingerprint density at radius 1 is 1.05 bits per heavy atom. The summed E-state index contributed by atoms with van der Waals surface area (Å²) >= 11 is 0. The normalized spacial score (nSPS) is 14.8. The second kappa shape index (κ2) is 12.0. The molecule has 7 heteroatoms. The molecule has 1 saturated carbocycles. The van der Waals surface area contributed by atoms with E-state index >= 15 is 0 Å². The maximum Gasteiger partial charge on any atom is 0.247 e. The minimum Gasteiger partial charge on any atom is -0.494 e. The highest BCUT2D eigenvalue weighted by molar-refractivity contribution is 5.92. The predicted molar refractivity (Wildman–Crippen MR) is 147 cm³/mol. The zero-order valence-electron chi connectivity index (χ0n) is 21.8. The number of nitrogens with zero attached hydrogens (tertiary/aromatic N) is 1. The van der Waals surface area contributed by atoms with Gasteiger partial charge < -0.3 is 24.4 Å². The lowest BCUT2D eigenvalue weighted by Gasteiger charge is -2.33. The number of ether oxygens (including phenoxy) is 1. The summed E-state index contributed by atoms with van der Waals surface area (Å²) in [5.74, 6) is 1.03. The first-order valence-corrected chi connectivity index (χ1v) is 13.5. The molecule has 1 aliphatic rings. The first-order valence-electron chi connectivity index (χ1n) is 13.5. The molecule has 0 spiro atoms. The Bertz CT molecular complexity index is 1340. The maximum absolute atomic E-state index is 14.0. The Labute approximate surface area is 223 Å². The Morgan fingerprint density at radius 2 is 1.84 bits per heavy atom. The van der Waals surface area contributed by atoms with E-state index in [0.717, 1.165) is 53.5 Å². The van der Waals surface area contributed by atoms with Crippen molar-refractivity contribution in [3.8, 4) is 5.75 Å². The molecule has 7 nitrogen and oxygen atoms in total. The number of para-hydroxylation sites is 1. The van der Waals surface area contributed by atoms with Gasteiger partial charge in [0.1, 0.15) is 17.6 Å². The van der Waals surface area contributed by atoms with Crippen LogP contribution in [0.15, 0.2) is 77.5 Å². The fourth-order valence-electron chi connectivity index (χ4n) is 5.35. The van der Waals surface area contributed by atoms with Crippen LogP contribution in [0.5, 0.6) is 5.75 Å². The average molecular weight is 514 g/mol. The van der Waals surface area contributed by atoms with Crippen LogP contribution in [-0.4, -0.2) is 34.3 Å². The summed E-state index contributed by atoms with van der Waals surface area (Å²) in [5.41, 5.74) is 2.61. The Hall–Kier alpha value is -4.00. The van der Waals surface area contributed by atoms with E-state index in [2.05, 4.69) is 10.3 Å². The van der Waals surface area contributed by atoms with Crippen molar-refractivity contribution in [2.75, 3.05) is 6.61 Å². The molecule has 1 atom stereocenters. The van der Waals surface area contributed by atoms with Crippen LogP contribution in [0.25, 0.3) is 10.9 Å². The van der Waals surface area contributed by atoms with Gasteiger partial charge >= 0.3 is 0 Å². The lowest BCUT2D eigenvalue weighted by molar-refractivity contribution is -0.141. The molecule has 0 aliphatic heterocycles. The highest BCUT2D eigenvalue weighted by atomic mass is 16.5. The monoisotopic (exact) mass is 513 g/mol. The second-order valence-electron chi connectivity index (χ2n) is 9.89. The number of aromatic nitrogens is 1. The molecular formula is C31H35N3O4. The van der Waals surface area contributed by atoms with Gasteiger partial charge in [0.25, 0.3) is 0 Å². The van der Waals surface area contributed by atoms with Crippen LogP contribution >= 0.6 is 0 Å². The summed E-state index contributed by atoms with van der Waals surface area (Å²) in [6.07, 6.45) is 8.96. The second-order valence-corrected chi connectivity index (χ2v) is 9.89. The molecule has 2 amide bonds. The Kier molecular flexibility index (Phi) is 8.12. The molecule has 0 saturated heterocycles. The molecule has 2 heterocycles. The first-order chi connectivity index (χ1) is 18.6. The largest absolute Gasteiger partial charge is 0.494 e. The van der Waals surface area contributed by atoms with E-state index in [9.17, 15) is 9.59 Å². The van der Waals surface area contributed by atoms with Crippen molar-refractivity contribution >= 4 is 22.7 Å². The van der Waals surface area contributed by atoms with Crippen molar-refractivity contribution in [3.05, 3.63) is 90.0 Å². The van der Waals surface area contributed by atoms with Crippen LogP contribution in [-0.2, 0) is 22.6 Å². The van der Waals surface area contributed by atoms with E-state index in [1.807, 2.05) is 67.7 Å². The Balaban J connectivity index is 1.49. The standard InChI is InChI=1S/C31H35N3O4/c1-2-37-25-16-14-22(15-17-25)30(31(36)33-24-9-4-3-5-10-24)34(21-26-11-8-18-38-26)29(35)19-23-20-32-28-13-7-6-12-27(23)28/h6-8,11-18,20,24,30,32H,2-5,9-10,19,21H2,1H3,(H,33,36)/t30-/m1/s1. The van der Waals surface area contributed by atoms with Crippen molar-refractivity contribution in [2.24, 2.45) is 0 Å².